The molecule has 2 aliphatic rings. The molecule has 0 aromatic heterocycles. The summed E-state index contributed by atoms with van der Waals surface area (Å²) in [4.78, 5) is 2.33. The minimum atomic E-state index is 0.315. The van der Waals surface area contributed by atoms with E-state index in [1.54, 1.807) is 0 Å². The van der Waals surface area contributed by atoms with Crippen molar-refractivity contribution < 1.29 is 4.74 Å². The Morgan fingerprint density at radius 2 is 2.38 bits per heavy atom. The van der Waals surface area contributed by atoms with Gasteiger partial charge in [-0.05, 0) is 25.5 Å². The molecular formula is C11H17NO. The zero-order valence-electron chi connectivity index (χ0n) is 8.20. The van der Waals surface area contributed by atoms with Crippen LogP contribution in [-0.4, -0.2) is 37.7 Å². The molecule has 0 amide bonds. The molecule has 72 valence electrons. The molecule has 13 heavy (non-hydrogen) atoms. The van der Waals surface area contributed by atoms with Crippen molar-refractivity contribution in [2.45, 2.75) is 18.9 Å². The molecule has 0 aromatic rings. The Hall–Kier alpha value is -0.600. The van der Waals surface area contributed by atoms with E-state index in [4.69, 9.17) is 4.74 Å². The predicted molar refractivity (Wildman–Crippen MR) is 53.7 cm³/mol. The van der Waals surface area contributed by atoms with Crippen molar-refractivity contribution in [2.75, 3.05) is 26.7 Å². The first-order valence-electron chi connectivity index (χ1n) is 5.03. The third-order valence-corrected chi connectivity index (χ3v) is 2.66. The number of nitrogens with zero attached hydrogens (tertiary/aromatic N) is 1. The van der Waals surface area contributed by atoms with Gasteiger partial charge in [-0.25, -0.2) is 0 Å². The van der Waals surface area contributed by atoms with Gasteiger partial charge in [0, 0.05) is 13.1 Å². The van der Waals surface area contributed by atoms with Gasteiger partial charge in [0.05, 0.1) is 12.7 Å². The highest BCUT2D eigenvalue weighted by molar-refractivity contribution is 5.26. The van der Waals surface area contributed by atoms with Crippen LogP contribution in [0.15, 0.2) is 23.8 Å². The van der Waals surface area contributed by atoms with E-state index >= 15 is 0 Å². The van der Waals surface area contributed by atoms with Gasteiger partial charge in [0.25, 0.3) is 0 Å². The van der Waals surface area contributed by atoms with Gasteiger partial charge in [0.15, 0.2) is 0 Å². The highest BCUT2D eigenvalue weighted by Crippen LogP contribution is 2.18. The smallest absolute Gasteiger partial charge is 0.0949 e. The second-order valence-corrected chi connectivity index (χ2v) is 3.81. The van der Waals surface area contributed by atoms with E-state index in [1.807, 2.05) is 0 Å². The van der Waals surface area contributed by atoms with Gasteiger partial charge >= 0.3 is 0 Å². The second kappa shape index (κ2) is 4.07. The third-order valence-electron chi connectivity index (χ3n) is 2.66. The number of rotatable bonds is 1. The molecule has 0 aromatic carbocycles. The minimum absolute atomic E-state index is 0.315. The molecule has 1 unspecified atom stereocenters. The van der Waals surface area contributed by atoms with Crippen molar-refractivity contribution in [3.8, 4) is 0 Å². The summed E-state index contributed by atoms with van der Waals surface area (Å²) in [7, 11) is 2.16. The summed E-state index contributed by atoms with van der Waals surface area (Å²) in [5.74, 6) is 0. The fraction of sp³-hybridized carbons (Fsp3) is 0.636. The Morgan fingerprint density at radius 1 is 1.46 bits per heavy atom. The van der Waals surface area contributed by atoms with Gasteiger partial charge in [-0.2, -0.15) is 0 Å². The first kappa shape index (κ1) is 8.97. The van der Waals surface area contributed by atoms with Crippen molar-refractivity contribution >= 4 is 0 Å². The van der Waals surface area contributed by atoms with Crippen molar-refractivity contribution in [2.24, 2.45) is 0 Å². The zero-order valence-corrected chi connectivity index (χ0v) is 8.20. The molecule has 1 atom stereocenters. The average molecular weight is 179 g/mol. The summed E-state index contributed by atoms with van der Waals surface area (Å²) in [6.07, 6.45) is 9.45. The highest BCUT2D eigenvalue weighted by atomic mass is 16.5. The molecule has 0 radical (unpaired) electrons. The summed E-state index contributed by atoms with van der Waals surface area (Å²) in [6.45, 7) is 2.97. The quantitative estimate of drug-likeness (QED) is 0.606. The van der Waals surface area contributed by atoms with Crippen LogP contribution in [0.3, 0.4) is 0 Å². The SMILES string of the molecule is CN1CCOC(C2=CCCC=C2)C1. The Labute approximate surface area is 79.9 Å². The topological polar surface area (TPSA) is 12.5 Å². The number of morpholine rings is 1. The zero-order chi connectivity index (χ0) is 9.10. The summed E-state index contributed by atoms with van der Waals surface area (Å²) in [6, 6.07) is 0. The highest BCUT2D eigenvalue weighted by Gasteiger charge is 2.20. The normalized spacial score (nSPS) is 30.2. The molecule has 0 bridgehead atoms. The van der Waals surface area contributed by atoms with Crippen LogP contribution < -0.4 is 0 Å². The lowest BCUT2D eigenvalue weighted by Gasteiger charge is -2.31. The summed E-state index contributed by atoms with van der Waals surface area (Å²) in [5, 5.41) is 0. The van der Waals surface area contributed by atoms with E-state index in [2.05, 4.69) is 30.2 Å². The van der Waals surface area contributed by atoms with Crippen LogP contribution in [0.5, 0.6) is 0 Å². The molecule has 1 aliphatic heterocycles. The third kappa shape index (κ3) is 2.20. The standard InChI is InChI=1S/C11H17NO/c1-12-7-8-13-11(9-12)10-5-3-2-4-6-10/h3,5-6,11H,2,4,7-9H2,1H3. The lowest BCUT2D eigenvalue weighted by molar-refractivity contribution is 0.00233. The maximum absolute atomic E-state index is 5.73. The molecule has 2 rings (SSSR count). The molecule has 0 saturated carbocycles. The summed E-state index contributed by atoms with van der Waals surface area (Å²) < 4.78 is 5.73. The number of ether oxygens (including phenoxy) is 1. The summed E-state index contributed by atoms with van der Waals surface area (Å²) in [5.41, 5.74) is 1.37. The van der Waals surface area contributed by atoms with E-state index in [0.29, 0.717) is 6.10 Å². The van der Waals surface area contributed by atoms with Crippen molar-refractivity contribution in [3.63, 3.8) is 0 Å². The fourth-order valence-corrected chi connectivity index (χ4v) is 1.85. The Balaban J connectivity index is 1.99. The minimum Gasteiger partial charge on any atom is -0.371 e. The van der Waals surface area contributed by atoms with E-state index in [9.17, 15) is 0 Å². The number of allylic oxidation sites excluding steroid dienone is 2. The summed E-state index contributed by atoms with van der Waals surface area (Å²) >= 11 is 0. The van der Waals surface area contributed by atoms with Gasteiger partial charge in [-0.15, -0.1) is 0 Å². The lowest BCUT2D eigenvalue weighted by Crippen LogP contribution is -2.40. The Morgan fingerprint density at radius 3 is 3.08 bits per heavy atom. The van der Waals surface area contributed by atoms with Crippen LogP contribution in [-0.2, 0) is 4.74 Å². The Kier molecular flexibility index (Phi) is 2.81. The van der Waals surface area contributed by atoms with Crippen molar-refractivity contribution in [1.29, 1.82) is 0 Å². The monoisotopic (exact) mass is 179 g/mol. The molecule has 1 heterocycles. The molecule has 1 fully saturated rings. The molecular weight excluding hydrogens is 162 g/mol. The van der Waals surface area contributed by atoms with Crippen molar-refractivity contribution in [3.05, 3.63) is 23.8 Å². The molecule has 2 heteroatoms. The first-order valence-corrected chi connectivity index (χ1v) is 5.03. The largest absolute Gasteiger partial charge is 0.371 e. The average Bonchev–Trinajstić information content (AvgIpc) is 2.19. The molecule has 0 N–H and O–H groups in total. The number of hydrogen-bond acceptors (Lipinski definition) is 2. The fourth-order valence-electron chi connectivity index (χ4n) is 1.85. The number of hydrogen-bond donors (Lipinski definition) is 0. The van der Waals surface area contributed by atoms with E-state index < -0.39 is 0 Å². The van der Waals surface area contributed by atoms with Gasteiger partial charge in [-0.3, -0.25) is 0 Å². The molecule has 0 spiro atoms. The van der Waals surface area contributed by atoms with Gasteiger partial charge in [0.1, 0.15) is 0 Å². The van der Waals surface area contributed by atoms with E-state index in [0.717, 1.165) is 19.7 Å². The molecule has 2 nitrogen and oxygen atoms in total. The maximum atomic E-state index is 5.73. The van der Waals surface area contributed by atoms with Crippen LogP contribution in [0.25, 0.3) is 0 Å². The van der Waals surface area contributed by atoms with Crippen LogP contribution in [0.2, 0.25) is 0 Å². The van der Waals surface area contributed by atoms with Crippen LogP contribution in [0, 0.1) is 0 Å². The van der Waals surface area contributed by atoms with Crippen LogP contribution in [0.4, 0.5) is 0 Å². The first-order chi connectivity index (χ1) is 6.36. The Bertz CT molecular complexity index is 232. The van der Waals surface area contributed by atoms with Crippen molar-refractivity contribution in [1.82, 2.24) is 4.90 Å². The van der Waals surface area contributed by atoms with Crippen LogP contribution >= 0.6 is 0 Å². The maximum Gasteiger partial charge on any atom is 0.0949 e. The second-order valence-electron chi connectivity index (χ2n) is 3.81. The van der Waals surface area contributed by atoms with Gasteiger partial charge in [-0.1, -0.05) is 18.2 Å². The molecule has 1 aliphatic carbocycles. The lowest BCUT2D eigenvalue weighted by atomic mass is 10.0. The number of likely N-dealkylation sites (N-methyl/N-ethyl adjacent to an activating group) is 1. The van der Waals surface area contributed by atoms with Gasteiger partial charge < -0.3 is 9.64 Å². The van der Waals surface area contributed by atoms with Gasteiger partial charge in [0.2, 0.25) is 0 Å². The molecule has 1 saturated heterocycles. The van der Waals surface area contributed by atoms with E-state index in [1.165, 1.54) is 18.4 Å². The predicted octanol–water partition coefficient (Wildman–Crippen LogP) is 1.59. The van der Waals surface area contributed by atoms with E-state index in [-0.39, 0.29) is 0 Å². The van der Waals surface area contributed by atoms with Crippen LogP contribution in [0.1, 0.15) is 12.8 Å².